The van der Waals surface area contributed by atoms with Gasteiger partial charge in [-0.3, -0.25) is 0 Å². The molecule has 0 aromatic rings. The molecule has 0 atom stereocenters. The van der Waals surface area contributed by atoms with Crippen LogP contribution < -0.4 is 0 Å². The zero-order valence-corrected chi connectivity index (χ0v) is 10.6. The number of hydrogen-bond acceptors (Lipinski definition) is 5. The number of ether oxygens (including phenoxy) is 1. The van der Waals surface area contributed by atoms with Crippen LogP contribution in [0.2, 0.25) is 6.04 Å². The molecule has 5 nitrogen and oxygen atoms in total. The molecule has 0 aliphatic rings. The first-order valence-corrected chi connectivity index (χ1v) is 6.93. The van der Waals surface area contributed by atoms with Gasteiger partial charge in [0.15, 0.2) is 0 Å². The van der Waals surface area contributed by atoms with E-state index in [4.69, 9.17) is 18.5 Å². The lowest BCUT2D eigenvalue weighted by atomic mass is 10.5. The van der Waals surface area contributed by atoms with Gasteiger partial charge in [-0.25, -0.2) is 0 Å². The summed E-state index contributed by atoms with van der Waals surface area (Å²) in [6, 6.07) is 0.668. The van der Waals surface area contributed by atoms with Gasteiger partial charge in [0.05, 0.1) is 0 Å². The lowest BCUT2D eigenvalue weighted by Crippen LogP contribution is -2.44. The fraction of sp³-hybridized carbons (Fsp3) is 0.889. The highest BCUT2D eigenvalue weighted by molar-refractivity contribution is 6.60. The van der Waals surface area contributed by atoms with Crippen molar-refractivity contribution in [2.75, 3.05) is 27.4 Å². The zero-order valence-electron chi connectivity index (χ0n) is 9.62. The summed E-state index contributed by atoms with van der Waals surface area (Å²) < 4.78 is 20.8. The SMILES string of the molecule is CCCO[Si](CCCOC#N)(OC)OC. The molecule has 88 valence electrons. The van der Waals surface area contributed by atoms with Crippen LogP contribution in [-0.2, 0) is 18.0 Å². The summed E-state index contributed by atoms with van der Waals surface area (Å²) in [5.41, 5.74) is 0. The molecular formula is C9H19NO4Si. The van der Waals surface area contributed by atoms with E-state index in [0.717, 1.165) is 6.42 Å². The van der Waals surface area contributed by atoms with Crippen LogP contribution in [0, 0.1) is 11.5 Å². The minimum absolute atomic E-state index is 0.382. The third-order valence-corrected chi connectivity index (χ3v) is 4.80. The molecule has 0 bridgehead atoms. The maximum Gasteiger partial charge on any atom is 0.500 e. The van der Waals surface area contributed by atoms with E-state index in [1.54, 1.807) is 20.5 Å². The van der Waals surface area contributed by atoms with Crippen LogP contribution in [0.5, 0.6) is 0 Å². The van der Waals surface area contributed by atoms with Gasteiger partial charge in [0.1, 0.15) is 6.61 Å². The van der Waals surface area contributed by atoms with Crippen molar-refractivity contribution in [1.82, 2.24) is 0 Å². The minimum atomic E-state index is -2.50. The van der Waals surface area contributed by atoms with Crippen LogP contribution in [0.15, 0.2) is 0 Å². The molecule has 0 heterocycles. The van der Waals surface area contributed by atoms with Gasteiger partial charge in [0.25, 0.3) is 6.26 Å². The Labute approximate surface area is 92.3 Å². The van der Waals surface area contributed by atoms with Crippen molar-refractivity contribution in [2.45, 2.75) is 25.8 Å². The van der Waals surface area contributed by atoms with Crippen molar-refractivity contribution < 1.29 is 18.0 Å². The normalized spacial score (nSPS) is 11.1. The first-order chi connectivity index (χ1) is 7.24. The smallest absolute Gasteiger partial charge is 0.428 e. The molecule has 0 unspecified atom stereocenters. The molecule has 0 aliphatic heterocycles. The number of nitriles is 1. The molecule has 0 N–H and O–H groups in total. The second kappa shape index (κ2) is 8.68. The van der Waals surface area contributed by atoms with Gasteiger partial charge < -0.3 is 18.0 Å². The van der Waals surface area contributed by atoms with Gasteiger partial charge in [-0.05, 0) is 12.8 Å². The molecule has 0 rings (SSSR count). The van der Waals surface area contributed by atoms with Crippen molar-refractivity contribution in [3.05, 3.63) is 0 Å². The summed E-state index contributed by atoms with van der Waals surface area (Å²) in [6.45, 7) is 3.05. The maximum absolute atomic E-state index is 8.20. The summed E-state index contributed by atoms with van der Waals surface area (Å²) in [5, 5.41) is 8.20. The lowest BCUT2D eigenvalue weighted by Gasteiger charge is -2.25. The molecule has 0 saturated carbocycles. The number of rotatable bonds is 9. The van der Waals surface area contributed by atoms with Crippen LogP contribution in [0.1, 0.15) is 19.8 Å². The van der Waals surface area contributed by atoms with Crippen molar-refractivity contribution in [3.63, 3.8) is 0 Å². The van der Waals surface area contributed by atoms with Crippen LogP contribution in [-0.4, -0.2) is 36.2 Å². The summed E-state index contributed by atoms with van der Waals surface area (Å²) in [5.74, 6) is 0. The topological polar surface area (TPSA) is 60.7 Å². The fourth-order valence-electron chi connectivity index (χ4n) is 1.14. The predicted octanol–water partition coefficient (Wildman–Crippen LogP) is 1.53. The van der Waals surface area contributed by atoms with Crippen molar-refractivity contribution in [3.8, 4) is 6.26 Å². The minimum Gasteiger partial charge on any atom is -0.428 e. The Balaban J connectivity index is 3.95. The van der Waals surface area contributed by atoms with Gasteiger partial charge in [0, 0.05) is 26.9 Å². The standard InChI is InChI=1S/C9H19NO4Si/c1-4-6-14-15(11-2,12-3)8-5-7-13-9-10/h4-8H2,1-3H3. The van der Waals surface area contributed by atoms with E-state index >= 15 is 0 Å². The van der Waals surface area contributed by atoms with Crippen LogP contribution >= 0.6 is 0 Å². The Hall–Kier alpha value is -0.613. The monoisotopic (exact) mass is 233 g/mol. The third-order valence-electron chi connectivity index (χ3n) is 1.94. The molecule has 0 aromatic carbocycles. The van der Waals surface area contributed by atoms with Crippen LogP contribution in [0.3, 0.4) is 0 Å². The van der Waals surface area contributed by atoms with E-state index in [1.807, 2.05) is 6.92 Å². The fourth-order valence-corrected chi connectivity index (χ4v) is 3.19. The van der Waals surface area contributed by atoms with Gasteiger partial charge >= 0.3 is 8.80 Å². The van der Waals surface area contributed by atoms with Gasteiger partial charge in [0.2, 0.25) is 0 Å². The second-order valence-corrected chi connectivity index (χ2v) is 5.95. The summed E-state index contributed by atoms with van der Waals surface area (Å²) in [4.78, 5) is 0. The average Bonchev–Trinajstić information content (AvgIpc) is 2.29. The van der Waals surface area contributed by atoms with Crippen LogP contribution in [0.4, 0.5) is 0 Å². The molecule has 0 saturated heterocycles. The number of nitrogens with zero attached hydrogens (tertiary/aromatic N) is 1. The summed E-state index contributed by atoms with van der Waals surface area (Å²) in [7, 11) is 0.684. The van der Waals surface area contributed by atoms with Gasteiger partial charge in [-0.15, -0.1) is 0 Å². The highest BCUT2D eigenvalue weighted by Crippen LogP contribution is 2.16. The Bertz CT molecular complexity index is 191. The molecule has 0 fully saturated rings. The van der Waals surface area contributed by atoms with Gasteiger partial charge in [-0.2, -0.15) is 5.26 Å². The van der Waals surface area contributed by atoms with Crippen LogP contribution in [0.25, 0.3) is 0 Å². The molecule has 0 radical (unpaired) electrons. The first kappa shape index (κ1) is 14.4. The number of hydrogen-bond donors (Lipinski definition) is 0. The highest BCUT2D eigenvalue weighted by atomic mass is 28.4. The predicted molar refractivity (Wildman–Crippen MR) is 57.0 cm³/mol. The van der Waals surface area contributed by atoms with E-state index in [1.165, 1.54) is 0 Å². The summed E-state index contributed by atoms with van der Waals surface area (Å²) in [6.07, 6.45) is 3.25. The van der Waals surface area contributed by atoms with Crippen molar-refractivity contribution >= 4 is 8.80 Å². The van der Waals surface area contributed by atoms with E-state index in [9.17, 15) is 0 Å². The van der Waals surface area contributed by atoms with Gasteiger partial charge in [-0.1, -0.05) is 6.92 Å². The summed E-state index contributed by atoms with van der Waals surface area (Å²) >= 11 is 0. The van der Waals surface area contributed by atoms with E-state index < -0.39 is 8.80 Å². The molecule has 0 spiro atoms. The van der Waals surface area contributed by atoms with Crippen molar-refractivity contribution in [1.29, 1.82) is 5.26 Å². The second-order valence-electron chi connectivity index (χ2n) is 2.98. The molecule has 0 amide bonds. The quantitative estimate of drug-likeness (QED) is 0.343. The Morgan fingerprint density at radius 2 is 1.87 bits per heavy atom. The highest BCUT2D eigenvalue weighted by Gasteiger charge is 2.38. The van der Waals surface area contributed by atoms with E-state index in [2.05, 4.69) is 4.74 Å². The Kier molecular flexibility index (Phi) is 8.32. The van der Waals surface area contributed by atoms with E-state index in [0.29, 0.717) is 25.7 Å². The Morgan fingerprint density at radius 3 is 2.33 bits per heavy atom. The molecule has 0 aliphatic carbocycles. The molecular weight excluding hydrogens is 214 g/mol. The van der Waals surface area contributed by atoms with E-state index in [-0.39, 0.29) is 0 Å². The zero-order chi connectivity index (χ0) is 11.6. The molecule has 6 heteroatoms. The first-order valence-electron chi connectivity index (χ1n) is 4.99. The molecule has 0 aromatic heterocycles. The maximum atomic E-state index is 8.20. The largest absolute Gasteiger partial charge is 0.500 e. The Morgan fingerprint density at radius 1 is 1.20 bits per heavy atom. The van der Waals surface area contributed by atoms with Crippen molar-refractivity contribution in [2.24, 2.45) is 0 Å². The third kappa shape index (κ3) is 5.74. The lowest BCUT2D eigenvalue weighted by molar-refractivity contribution is 0.0957. The average molecular weight is 233 g/mol. The molecule has 15 heavy (non-hydrogen) atoms.